The Morgan fingerprint density at radius 1 is 1.26 bits per heavy atom. The van der Waals surface area contributed by atoms with Gasteiger partial charge in [-0.15, -0.1) is 0 Å². The molecule has 0 saturated carbocycles. The van der Waals surface area contributed by atoms with Crippen LogP contribution in [-0.2, 0) is 14.9 Å². The average molecular weight is 433 g/mol. The molecule has 0 spiro atoms. The van der Waals surface area contributed by atoms with Crippen molar-refractivity contribution in [3.05, 3.63) is 46.2 Å². The van der Waals surface area contributed by atoms with Crippen LogP contribution < -0.4 is 15.1 Å². The lowest BCUT2D eigenvalue weighted by molar-refractivity contribution is 0.0365. The molecule has 0 aliphatic heterocycles. The number of hydroxylamine groups is 1. The number of carbonyl (C=O) groups excluding carboxylic acids is 1. The Morgan fingerprint density at radius 2 is 1.96 bits per heavy atom. The van der Waals surface area contributed by atoms with Gasteiger partial charge in [0, 0.05) is 18.3 Å². The van der Waals surface area contributed by atoms with Crippen molar-refractivity contribution in [1.82, 2.24) is 10.5 Å². The number of sulfonamides is 1. The highest BCUT2D eigenvalue weighted by atomic mass is 35.5. The predicted molar refractivity (Wildman–Crippen MR) is 106 cm³/mol. The lowest BCUT2D eigenvalue weighted by Crippen LogP contribution is -2.26. The molecule has 0 radical (unpaired) electrons. The van der Waals surface area contributed by atoms with E-state index in [0.717, 1.165) is 10.6 Å². The van der Waals surface area contributed by atoms with E-state index in [0.29, 0.717) is 22.1 Å². The fourth-order valence-electron chi connectivity index (χ4n) is 2.11. The Kier molecular flexibility index (Phi) is 6.88. The molecule has 27 heavy (non-hydrogen) atoms. The number of rotatable bonds is 7. The van der Waals surface area contributed by atoms with Gasteiger partial charge in [-0.2, -0.15) is 0 Å². The van der Waals surface area contributed by atoms with Crippen molar-refractivity contribution in [3.8, 4) is 0 Å². The van der Waals surface area contributed by atoms with E-state index in [4.69, 9.17) is 28.0 Å². The molecule has 8 nitrogen and oxygen atoms in total. The smallest absolute Gasteiger partial charge is 0.278 e. The third-order valence-electron chi connectivity index (χ3n) is 3.49. The van der Waals surface area contributed by atoms with Gasteiger partial charge in [-0.3, -0.25) is 13.9 Å². The summed E-state index contributed by atoms with van der Waals surface area (Å²) in [6.45, 7) is 2.01. The summed E-state index contributed by atoms with van der Waals surface area (Å²) in [6, 6.07) is 6.09. The number of hydrogen-bond donors (Lipinski definition) is 2. The van der Waals surface area contributed by atoms with Gasteiger partial charge in [-0.1, -0.05) is 23.2 Å². The first-order valence-corrected chi connectivity index (χ1v) is 10.3. The van der Waals surface area contributed by atoms with Gasteiger partial charge >= 0.3 is 0 Å². The van der Waals surface area contributed by atoms with E-state index in [1.807, 2.05) is 0 Å². The summed E-state index contributed by atoms with van der Waals surface area (Å²) in [7, 11) is -2.11. The number of pyridine rings is 1. The molecular formula is C16H18Cl2N4O4S. The summed E-state index contributed by atoms with van der Waals surface area (Å²) in [5, 5.41) is 3.52. The van der Waals surface area contributed by atoms with Crippen molar-refractivity contribution < 1.29 is 18.0 Å². The number of amides is 1. The number of anilines is 3. The van der Waals surface area contributed by atoms with E-state index in [1.54, 1.807) is 19.1 Å². The molecule has 1 aromatic heterocycles. The molecule has 2 aromatic rings. The lowest BCUT2D eigenvalue weighted by Gasteiger charge is -2.22. The second-order valence-corrected chi connectivity index (χ2v) is 8.27. The number of carbonyl (C=O) groups is 1. The minimum Gasteiger partial charge on any atom is -0.353 e. The third kappa shape index (κ3) is 5.46. The predicted octanol–water partition coefficient (Wildman–Crippen LogP) is 3.21. The molecule has 1 heterocycles. The SMILES string of the molecule is CCONC(=O)c1cnc(Cl)cc1Nc1cc(Cl)ccc1N(C)S(C)(=O)=O. The zero-order valence-electron chi connectivity index (χ0n) is 14.8. The van der Waals surface area contributed by atoms with Crippen LogP contribution in [0.1, 0.15) is 17.3 Å². The highest BCUT2D eigenvalue weighted by Crippen LogP contribution is 2.33. The van der Waals surface area contributed by atoms with Crippen LogP contribution in [0.5, 0.6) is 0 Å². The van der Waals surface area contributed by atoms with Gasteiger partial charge in [0.1, 0.15) is 5.15 Å². The Labute approximate surface area is 167 Å². The number of nitrogens with one attached hydrogen (secondary N) is 2. The molecule has 2 N–H and O–H groups in total. The average Bonchev–Trinajstić information content (AvgIpc) is 2.58. The second-order valence-electron chi connectivity index (χ2n) is 5.43. The Hall–Kier alpha value is -2.07. The summed E-state index contributed by atoms with van der Waals surface area (Å²) >= 11 is 12.0. The summed E-state index contributed by atoms with van der Waals surface area (Å²) in [5.74, 6) is -0.538. The number of hydrogen-bond acceptors (Lipinski definition) is 6. The minimum atomic E-state index is -3.52. The fraction of sp³-hybridized carbons (Fsp3) is 0.250. The normalized spacial score (nSPS) is 11.1. The van der Waals surface area contributed by atoms with E-state index in [2.05, 4.69) is 15.8 Å². The van der Waals surface area contributed by atoms with Crippen molar-refractivity contribution in [2.24, 2.45) is 0 Å². The van der Waals surface area contributed by atoms with E-state index in [-0.39, 0.29) is 17.3 Å². The number of halogens is 2. The number of nitrogens with zero attached hydrogens (tertiary/aromatic N) is 2. The Bertz CT molecular complexity index is 953. The third-order valence-corrected chi connectivity index (χ3v) is 5.12. The molecule has 0 saturated heterocycles. The maximum atomic E-state index is 12.3. The van der Waals surface area contributed by atoms with Crippen LogP contribution >= 0.6 is 23.2 Å². The summed E-state index contributed by atoms with van der Waals surface area (Å²) in [4.78, 5) is 21.1. The van der Waals surface area contributed by atoms with E-state index >= 15 is 0 Å². The molecule has 1 aromatic carbocycles. The fourth-order valence-corrected chi connectivity index (χ4v) is 2.96. The molecule has 1 amide bonds. The highest BCUT2D eigenvalue weighted by molar-refractivity contribution is 7.92. The van der Waals surface area contributed by atoms with Crippen molar-refractivity contribution in [2.45, 2.75) is 6.92 Å². The van der Waals surface area contributed by atoms with Gasteiger partial charge in [0.25, 0.3) is 5.91 Å². The zero-order chi connectivity index (χ0) is 20.2. The van der Waals surface area contributed by atoms with E-state index < -0.39 is 15.9 Å². The molecule has 0 unspecified atom stereocenters. The first-order chi connectivity index (χ1) is 12.6. The zero-order valence-corrected chi connectivity index (χ0v) is 17.1. The number of aromatic nitrogens is 1. The van der Waals surface area contributed by atoms with Gasteiger partial charge in [-0.25, -0.2) is 18.9 Å². The monoisotopic (exact) mass is 432 g/mol. The van der Waals surface area contributed by atoms with Crippen LogP contribution in [0.4, 0.5) is 17.1 Å². The summed E-state index contributed by atoms with van der Waals surface area (Å²) < 4.78 is 24.9. The largest absolute Gasteiger partial charge is 0.353 e. The van der Waals surface area contributed by atoms with Crippen LogP contribution in [0.15, 0.2) is 30.5 Å². The van der Waals surface area contributed by atoms with E-state index in [9.17, 15) is 13.2 Å². The standard InChI is InChI=1S/C16H18Cl2N4O4S/c1-4-26-21-16(23)11-9-19-15(18)8-12(11)20-13-7-10(17)5-6-14(13)22(2)27(3,24)25/h5-9H,4H2,1-3H3,(H,19,20)(H,21,23). The summed E-state index contributed by atoms with van der Waals surface area (Å²) in [5.41, 5.74) is 3.43. The van der Waals surface area contributed by atoms with Gasteiger partial charge in [0.05, 0.1) is 35.5 Å². The molecule has 0 aliphatic carbocycles. The van der Waals surface area contributed by atoms with Gasteiger partial charge in [-0.05, 0) is 31.2 Å². The van der Waals surface area contributed by atoms with Gasteiger partial charge in [0.15, 0.2) is 0 Å². The first-order valence-electron chi connectivity index (χ1n) is 7.71. The number of benzene rings is 1. The maximum absolute atomic E-state index is 12.3. The molecule has 0 atom stereocenters. The molecule has 2 rings (SSSR count). The van der Waals surface area contributed by atoms with Crippen LogP contribution in [0.2, 0.25) is 10.2 Å². The maximum Gasteiger partial charge on any atom is 0.278 e. The van der Waals surface area contributed by atoms with Crippen LogP contribution in [0.25, 0.3) is 0 Å². The molecule has 0 aliphatic rings. The van der Waals surface area contributed by atoms with Crippen LogP contribution in [0, 0.1) is 0 Å². The van der Waals surface area contributed by atoms with Gasteiger partial charge in [0.2, 0.25) is 10.0 Å². The summed E-state index contributed by atoms with van der Waals surface area (Å²) in [6.07, 6.45) is 2.36. The Morgan fingerprint density at radius 3 is 2.59 bits per heavy atom. The molecule has 146 valence electrons. The topological polar surface area (TPSA) is 101 Å². The lowest BCUT2D eigenvalue weighted by atomic mass is 10.2. The van der Waals surface area contributed by atoms with Gasteiger partial charge < -0.3 is 5.32 Å². The Balaban J connectivity index is 2.49. The molecule has 0 fully saturated rings. The van der Waals surface area contributed by atoms with Crippen molar-refractivity contribution in [3.63, 3.8) is 0 Å². The van der Waals surface area contributed by atoms with E-state index in [1.165, 1.54) is 25.4 Å². The van der Waals surface area contributed by atoms with Crippen LogP contribution in [0.3, 0.4) is 0 Å². The quantitative estimate of drug-likeness (QED) is 0.514. The minimum absolute atomic E-state index is 0.144. The van der Waals surface area contributed by atoms with Crippen molar-refractivity contribution >= 4 is 56.2 Å². The molecule has 0 bridgehead atoms. The molecular weight excluding hydrogens is 415 g/mol. The van der Waals surface area contributed by atoms with Crippen molar-refractivity contribution in [2.75, 3.05) is 29.5 Å². The highest BCUT2D eigenvalue weighted by Gasteiger charge is 2.19. The molecule has 11 heteroatoms. The van der Waals surface area contributed by atoms with Crippen molar-refractivity contribution in [1.29, 1.82) is 0 Å². The second kappa shape index (κ2) is 8.75. The van der Waals surface area contributed by atoms with Crippen LogP contribution in [-0.4, -0.2) is 39.2 Å². The first kappa shape index (κ1) is 21.2.